The Morgan fingerprint density at radius 3 is 2.11 bits per heavy atom. The van der Waals surface area contributed by atoms with E-state index in [9.17, 15) is 9.59 Å². The summed E-state index contributed by atoms with van der Waals surface area (Å²) in [5.74, 6) is 1.90. The van der Waals surface area contributed by atoms with E-state index in [-0.39, 0.29) is 17.0 Å². The van der Waals surface area contributed by atoms with E-state index >= 15 is 0 Å². The van der Waals surface area contributed by atoms with Crippen molar-refractivity contribution in [3.05, 3.63) is 0 Å². The molecule has 3 fully saturated rings. The minimum atomic E-state index is -1.09. The number of rotatable bonds is 6. The van der Waals surface area contributed by atoms with Crippen molar-refractivity contribution in [2.45, 2.75) is 44.6 Å². The van der Waals surface area contributed by atoms with Crippen LogP contribution in [0.15, 0.2) is 0 Å². The van der Waals surface area contributed by atoms with Gasteiger partial charge >= 0.3 is 6.09 Å². The molecule has 3 aliphatic carbocycles. The summed E-state index contributed by atoms with van der Waals surface area (Å²) < 4.78 is 0. The van der Waals surface area contributed by atoms with Gasteiger partial charge in [0, 0.05) is 0 Å². The highest BCUT2D eigenvalue weighted by Gasteiger charge is 2.61. The number of hydrogen-bond donors (Lipinski definition) is 2. The van der Waals surface area contributed by atoms with Crippen molar-refractivity contribution < 1.29 is 14.7 Å². The molecule has 19 heavy (non-hydrogen) atoms. The van der Waals surface area contributed by atoms with Crippen molar-refractivity contribution in [1.29, 1.82) is 0 Å². The summed E-state index contributed by atoms with van der Waals surface area (Å²) in [6, 6.07) is -0.512. The van der Waals surface area contributed by atoms with Crippen molar-refractivity contribution in [2.24, 2.45) is 23.2 Å². The Balaban J connectivity index is 1.65. The standard InChI is InChI=1S/C14H20BrNO3/c15-7-11(17)12(16-13(18)19)8-5-14(6-8,9-1-2-9)10-3-4-10/h8-10,12,16H,1-7H2,(H,18,19)/t12-/m0/s1. The van der Waals surface area contributed by atoms with Gasteiger partial charge in [-0.25, -0.2) is 4.79 Å². The van der Waals surface area contributed by atoms with Crippen molar-refractivity contribution in [2.75, 3.05) is 5.33 Å². The van der Waals surface area contributed by atoms with E-state index in [4.69, 9.17) is 5.11 Å². The molecule has 4 nitrogen and oxygen atoms in total. The second-order valence-corrected chi connectivity index (χ2v) is 7.04. The van der Waals surface area contributed by atoms with Gasteiger partial charge in [0.15, 0.2) is 5.78 Å². The minimum Gasteiger partial charge on any atom is -0.465 e. The van der Waals surface area contributed by atoms with Crippen molar-refractivity contribution >= 4 is 27.8 Å². The number of amides is 1. The van der Waals surface area contributed by atoms with Crippen LogP contribution in [0.4, 0.5) is 4.79 Å². The van der Waals surface area contributed by atoms with Crippen molar-refractivity contribution in [1.82, 2.24) is 5.32 Å². The molecule has 0 unspecified atom stereocenters. The number of carboxylic acid groups (broad SMARTS) is 1. The Labute approximate surface area is 121 Å². The maximum atomic E-state index is 11.9. The number of carbonyl (C=O) groups is 2. The average molecular weight is 330 g/mol. The molecule has 0 aromatic heterocycles. The fourth-order valence-corrected chi connectivity index (χ4v) is 4.49. The fourth-order valence-electron chi connectivity index (χ4n) is 4.15. The molecular weight excluding hydrogens is 310 g/mol. The predicted octanol–water partition coefficient (Wildman–Crippen LogP) is 2.80. The van der Waals surface area contributed by atoms with Gasteiger partial charge in [0.05, 0.1) is 11.4 Å². The Bertz CT molecular complexity index is 383. The molecule has 5 heteroatoms. The van der Waals surface area contributed by atoms with E-state index in [0.717, 1.165) is 24.7 Å². The fraction of sp³-hybridized carbons (Fsp3) is 0.857. The van der Waals surface area contributed by atoms with E-state index in [1.54, 1.807) is 0 Å². The zero-order chi connectivity index (χ0) is 13.6. The topological polar surface area (TPSA) is 66.4 Å². The molecule has 0 bridgehead atoms. The van der Waals surface area contributed by atoms with Crippen LogP contribution in [-0.4, -0.2) is 28.4 Å². The van der Waals surface area contributed by atoms with Gasteiger partial charge in [-0.3, -0.25) is 4.79 Å². The molecule has 0 radical (unpaired) electrons. The highest BCUT2D eigenvalue weighted by molar-refractivity contribution is 9.09. The Morgan fingerprint density at radius 1 is 1.21 bits per heavy atom. The molecule has 0 spiro atoms. The molecule has 1 atom stereocenters. The molecule has 3 saturated carbocycles. The number of hydrogen-bond acceptors (Lipinski definition) is 2. The van der Waals surface area contributed by atoms with Gasteiger partial charge in [0.2, 0.25) is 0 Å². The number of nitrogens with one attached hydrogen (secondary N) is 1. The van der Waals surface area contributed by atoms with E-state index in [1.807, 2.05) is 0 Å². The number of carbonyl (C=O) groups excluding carboxylic acids is 1. The Morgan fingerprint density at radius 2 is 1.74 bits per heavy atom. The van der Waals surface area contributed by atoms with E-state index < -0.39 is 12.1 Å². The molecule has 0 aromatic carbocycles. The smallest absolute Gasteiger partial charge is 0.405 e. The van der Waals surface area contributed by atoms with Crippen LogP contribution in [0.2, 0.25) is 0 Å². The highest BCUT2D eigenvalue weighted by atomic mass is 79.9. The molecule has 2 N–H and O–H groups in total. The average Bonchev–Trinajstić information content (AvgIpc) is 3.14. The monoisotopic (exact) mass is 329 g/mol. The summed E-state index contributed by atoms with van der Waals surface area (Å²) in [5.41, 5.74) is 0.468. The lowest BCUT2D eigenvalue weighted by Gasteiger charge is -2.51. The van der Waals surface area contributed by atoms with Gasteiger partial charge in [-0.2, -0.15) is 0 Å². The molecular formula is C14H20BrNO3. The maximum Gasteiger partial charge on any atom is 0.405 e. The normalized spacial score (nSPS) is 27.4. The lowest BCUT2D eigenvalue weighted by atomic mass is 9.54. The van der Waals surface area contributed by atoms with Crippen molar-refractivity contribution in [3.63, 3.8) is 0 Å². The SMILES string of the molecule is O=C(O)N[C@H](C(=O)CBr)C1CC(C2CC2)(C2CC2)C1. The molecule has 0 aliphatic heterocycles. The lowest BCUT2D eigenvalue weighted by molar-refractivity contribution is -0.123. The van der Waals surface area contributed by atoms with Crippen LogP contribution < -0.4 is 5.32 Å². The summed E-state index contributed by atoms with van der Waals surface area (Å²) >= 11 is 3.16. The van der Waals surface area contributed by atoms with E-state index in [0.29, 0.717) is 5.41 Å². The molecule has 1 amide bonds. The summed E-state index contributed by atoms with van der Waals surface area (Å²) in [6.45, 7) is 0. The second-order valence-electron chi connectivity index (χ2n) is 6.48. The summed E-state index contributed by atoms with van der Waals surface area (Å²) in [7, 11) is 0. The number of alkyl halides is 1. The summed E-state index contributed by atoms with van der Waals surface area (Å²) in [4.78, 5) is 22.7. The Hall–Kier alpha value is -0.580. The third kappa shape index (κ3) is 2.41. The minimum absolute atomic E-state index is 0.0346. The van der Waals surface area contributed by atoms with Crippen LogP contribution in [0.25, 0.3) is 0 Å². The van der Waals surface area contributed by atoms with Gasteiger partial charge in [-0.1, -0.05) is 15.9 Å². The second kappa shape index (κ2) is 4.76. The number of ketones is 1. The maximum absolute atomic E-state index is 11.9. The third-order valence-electron chi connectivity index (χ3n) is 5.29. The highest BCUT2D eigenvalue weighted by Crippen LogP contribution is 2.69. The molecule has 0 heterocycles. The van der Waals surface area contributed by atoms with Crippen LogP contribution in [0.5, 0.6) is 0 Å². The third-order valence-corrected chi connectivity index (χ3v) is 5.85. The first-order valence-electron chi connectivity index (χ1n) is 7.15. The van der Waals surface area contributed by atoms with Crippen LogP contribution in [0, 0.1) is 23.2 Å². The van der Waals surface area contributed by atoms with Crippen LogP contribution in [-0.2, 0) is 4.79 Å². The van der Waals surface area contributed by atoms with Gasteiger partial charge in [-0.05, 0) is 61.7 Å². The number of Topliss-reactive ketones (excluding diaryl/α,β-unsaturated/α-hetero) is 1. The zero-order valence-electron chi connectivity index (χ0n) is 10.9. The first kappa shape index (κ1) is 13.4. The molecule has 3 rings (SSSR count). The Kier molecular flexibility index (Phi) is 3.36. The van der Waals surface area contributed by atoms with Gasteiger partial charge in [-0.15, -0.1) is 0 Å². The molecule has 106 valence electrons. The van der Waals surface area contributed by atoms with E-state index in [1.165, 1.54) is 25.7 Å². The predicted molar refractivity (Wildman–Crippen MR) is 74.4 cm³/mol. The first-order chi connectivity index (χ1) is 9.06. The van der Waals surface area contributed by atoms with Crippen LogP contribution in [0.3, 0.4) is 0 Å². The van der Waals surface area contributed by atoms with Crippen molar-refractivity contribution in [3.8, 4) is 0 Å². The van der Waals surface area contributed by atoms with Crippen LogP contribution in [0.1, 0.15) is 38.5 Å². The summed E-state index contributed by atoms with van der Waals surface area (Å²) in [5, 5.41) is 11.5. The molecule has 0 saturated heterocycles. The lowest BCUT2D eigenvalue weighted by Crippen LogP contribution is -2.55. The first-order valence-corrected chi connectivity index (χ1v) is 8.27. The number of halogens is 1. The van der Waals surface area contributed by atoms with E-state index in [2.05, 4.69) is 21.2 Å². The quantitative estimate of drug-likeness (QED) is 0.736. The van der Waals surface area contributed by atoms with Gasteiger partial charge < -0.3 is 10.4 Å². The van der Waals surface area contributed by atoms with Crippen LogP contribution >= 0.6 is 15.9 Å². The largest absolute Gasteiger partial charge is 0.465 e. The summed E-state index contributed by atoms with van der Waals surface area (Å²) in [6.07, 6.45) is 6.37. The zero-order valence-corrected chi connectivity index (χ0v) is 12.5. The molecule has 3 aliphatic rings. The van der Waals surface area contributed by atoms with Gasteiger partial charge in [0.1, 0.15) is 0 Å². The molecule has 0 aromatic rings. The van der Waals surface area contributed by atoms with Gasteiger partial charge in [0.25, 0.3) is 0 Å².